The lowest BCUT2D eigenvalue weighted by Gasteiger charge is -2.27. The Balaban J connectivity index is 1.23. The molecule has 2 saturated heterocycles. The van der Waals surface area contributed by atoms with Crippen LogP contribution in [0.1, 0.15) is 62.0 Å². The summed E-state index contributed by atoms with van der Waals surface area (Å²) in [6.45, 7) is 6.42. The van der Waals surface area contributed by atoms with Crippen LogP contribution in [0.2, 0.25) is 0 Å². The van der Waals surface area contributed by atoms with Gasteiger partial charge in [0, 0.05) is 23.8 Å². The van der Waals surface area contributed by atoms with Gasteiger partial charge in [0.05, 0.1) is 9.77 Å². The van der Waals surface area contributed by atoms with E-state index in [2.05, 4.69) is 16.0 Å². The predicted molar refractivity (Wildman–Crippen MR) is 170 cm³/mol. The number of hydrogen-bond donors (Lipinski definition) is 3. The molecule has 0 spiro atoms. The molecule has 2 aliphatic rings. The topological polar surface area (TPSA) is 117 Å². The molecule has 11 heteroatoms. The number of carbonyl (C=O) groups is 2. The van der Waals surface area contributed by atoms with Crippen LogP contribution in [-0.4, -0.2) is 68.9 Å². The first-order valence-electron chi connectivity index (χ1n) is 15.3. The van der Waals surface area contributed by atoms with Gasteiger partial charge in [-0.15, -0.1) is 11.3 Å². The fourth-order valence-corrected chi connectivity index (χ4v) is 8.21. The molecular weight excluding hydrogens is 585 g/mol. The van der Waals surface area contributed by atoms with Crippen LogP contribution in [0.5, 0.6) is 5.75 Å². The van der Waals surface area contributed by atoms with Gasteiger partial charge in [-0.2, -0.15) is 4.31 Å². The number of hydrogen-bond acceptors (Lipinski definition) is 7. The maximum absolute atomic E-state index is 13.6. The Kier molecular flexibility index (Phi) is 10.4. The summed E-state index contributed by atoms with van der Waals surface area (Å²) in [4.78, 5) is 27.4. The highest BCUT2D eigenvalue weighted by molar-refractivity contribution is 7.89. The number of nitrogens with one attached hydrogen (secondary N) is 3. The first-order chi connectivity index (χ1) is 20.7. The Bertz CT molecular complexity index is 1470. The minimum Gasteiger partial charge on any atom is -0.490 e. The quantitative estimate of drug-likeness (QED) is 0.305. The summed E-state index contributed by atoms with van der Waals surface area (Å²) in [5, 5.41) is 10.3. The third kappa shape index (κ3) is 8.14. The van der Waals surface area contributed by atoms with Crippen molar-refractivity contribution in [1.82, 2.24) is 20.3 Å². The number of sulfonamides is 1. The number of nitrogens with zero attached hydrogens (tertiary/aromatic N) is 1. The Morgan fingerprint density at radius 3 is 2.51 bits per heavy atom. The second kappa shape index (κ2) is 14.2. The molecule has 3 aromatic rings. The second-order valence-electron chi connectivity index (χ2n) is 11.9. The van der Waals surface area contributed by atoms with Crippen LogP contribution in [0.25, 0.3) is 10.1 Å². The van der Waals surface area contributed by atoms with Crippen LogP contribution in [0.4, 0.5) is 0 Å². The zero-order chi connectivity index (χ0) is 30.4. The van der Waals surface area contributed by atoms with E-state index in [1.807, 2.05) is 44.2 Å². The summed E-state index contributed by atoms with van der Waals surface area (Å²) in [6, 6.07) is 15.2. The standard InChI is InChI=1S/C32H42N4O5S2/c1-22(2)19-28(35-32(38)30-20-23-7-3-4-9-29(23)42-30)31(37)34-24-8-5-6-18-36(21-24)43(39,40)27-12-10-25(11-13-27)41-26-14-16-33-17-15-26/h3-4,7,9-13,20,22,24,26,28,33H,5-6,8,14-19,21H2,1-2H3,(H,34,37)(H,35,38)/t24-,28?/m0/s1. The maximum Gasteiger partial charge on any atom is 0.262 e. The SMILES string of the molecule is CC(C)CC(NC(=O)c1cc2ccccc2s1)C(=O)N[C@H]1CCCCN(S(=O)(=O)c2ccc(OC3CCNCC3)cc2)C1. The van der Waals surface area contributed by atoms with E-state index in [1.54, 1.807) is 24.3 Å². The van der Waals surface area contributed by atoms with Gasteiger partial charge in [0.1, 0.15) is 17.9 Å². The first kappa shape index (κ1) is 31.4. The average molecular weight is 627 g/mol. The van der Waals surface area contributed by atoms with Crippen LogP contribution in [0, 0.1) is 5.92 Å². The average Bonchev–Trinajstić information content (AvgIpc) is 3.29. The molecule has 0 saturated carbocycles. The zero-order valence-corrected chi connectivity index (χ0v) is 26.5. The molecule has 1 unspecified atom stereocenters. The number of piperidine rings is 1. The van der Waals surface area contributed by atoms with Crippen LogP contribution < -0.4 is 20.7 Å². The normalized spacial score (nSPS) is 19.6. The molecule has 1 aromatic heterocycles. The number of rotatable bonds is 10. The number of fused-ring (bicyclic) bond motifs is 1. The Hall–Kier alpha value is -2.99. The van der Waals surface area contributed by atoms with E-state index in [1.165, 1.54) is 15.6 Å². The molecule has 232 valence electrons. The van der Waals surface area contributed by atoms with Crippen molar-refractivity contribution >= 4 is 43.3 Å². The summed E-state index contributed by atoms with van der Waals surface area (Å²) in [5.41, 5.74) is 0. The third-order valence-corrected chi connectivity index (χ3v) is 11.0. The van der Waals surface area contributed by atoms with Crippen molar-refractivity contribution in [2.75, 3.05) is 26.2 Å². The van der Waals surface area contributed by atoms with Crippen LogP contribution in [0.3, 0.4) is 0 Å². The zero-order valence-electron chi connectivity index (χ0n) is 24.9. The minimum atomic E-state index is -3.76. The lowest BCUT2D eigenvalue weighted by atomic mass is 10.0. The molecule has 0 bridgehead atoms. The lowest BCUT2D eigenvalue weighted by molar-refractivity contribution is -0.124. The molecule has 3 N–H and O–H groups in total. The van der Waals surface area contributed by atoms with Gasteiger partial charge in [-0.05, 0) is 92.9 Å². The summed E-state index contributed by atoms with van der Waals surface area (Å²) < 4.78 is 35.8. The molecule has 0 radical (unpaired) electrons. The molecule has 43 heavy (non-hydrogen) atoms. The van der Waals surface area contributed by atoms with E-state index in [0.717, 1.165) is 42.4 Å². The molecule has 2 aromatic carbocycles. The predicted octanol–water partition coefficient (Wildman–Crippen LogP) is 4.54. The molecule has 2 aliphatic heterocycles. The van der Waals surface area contributed by atoms with Gasteiger partial charge < -0.3 is 20.7 Å². The van der Waals surface area contributed by atoms with Gasteiger partial charge in [0.2, 0.25) is 15.9 Å². The summed E-state index contributed by atoms with van der Waals surface area (Å²) in [7, 11) is -3.76. The Morgan fingerprint density at radius 2 is 1.79 bits per heavy atom. The van der Waals surface area contributed by atoms with Crippen molar-refractivity contribution < 1.29 is 22.7 Å². The van der Waals surface area contributed by atoms with Gasteiger partial charge in [0.25, 0.3) is 5.91 Å². The highest BCUT2D eigenvalue weighted by atomic mass is 32.2. The van der Waals surface area contributed by atoms with Crippen molar-refractivity contribution in [2.24, 2.45) is 5.92 Å². The fraction of sp³-hybridized carbons (Fsp3) is 0.500. The highest BCUT2D eigenvalue weighted by Gasteiger charge is 2.32. The molecule has 3 heterocycles. The molecule has 2 atom stereocenters. The largest absolute Gasteiger partial charge is 0.490 e. The van der Waals surface area contributed by atoms with Gasteiger partial charge in [-0.25, -0.2) is 8.42 Å². The van der Waals surface area contributed by atoms with Gasteiger partial charge in [0.15, 0.2) is 0 Å². The molecule has 0 aliphatic carbocycles. The van der Waals surface area contributed by atoms with Crippen LogP contribution in [0.15, 0.2) is 59.5 Å². The summed E-state index contributed by atoms with van der Waals surface area (Å²) >= 11 is 1.40. The number of thiophene rings is 1. The van der Waals surface area contributed by atoms with Gasteiger partial charge >= 0.3 is 0 Å². The smallest absolute Gasteiger partial charge is 0.262 e. The molecule has 9 nitrogen and oxygen atoms in total. The van der Waals surface area contributed by atoms with E-state index in [-0.39, 0.29) is 41.3 Å². The molecular formula is C32H42N4O5S2. The van der Waals surface area contributed by atoms with Gasteiger partial charge in [-0.3, -0.25) is 9.59 Å². The van der Waals surface area contributed by atoms with Crippen molar-refractivity contribution in [1.29, 1.82) is 0 Å². The number of carbonyl (C=O) groups excluding carboxylic acids is 2. The van der Waals surface area contributed by atoms with E-state index in [9.17, 15) is 18.0 Å². The van der Waals surface area contributed by atoms with Crippen LogP contribution >= 0.6 is 11.3 Å². The van der Waals surface area contributed by atoms with E-state index in [0.29, 0.717) is 36.4 Å². The summed E-state index contributed by atoms with van der Waals surface area (Å²) in [6.07, 6.45) is 4.63. The van der Waals surface area contributed by atoms with Gasteiger partial charge in [-0.1, -0.05) is 38.5 Å². The van der Waals surface area contributed by atoms with E-state index >= 15 is 0 Å². The molecule has 5 rings (SSSR count). The lowest BCUT2D eigenvalue weighted by Crippen LogP contribution is -2.52. The van der Waals surface area contributed by atoms with Crippen molar-refractivity contribution in [3.63, 3.8) is 0 Å². The monoisotopic (exact) mass is 626 g/mol. The van der Waals surface area contributed by atoms with Crippen molar-refractivity contribution in [3.05, 3.63) is 59.5 Å². The Labute approximate surface area is 258 Å². The Morgan fingerprint density at radius 1 is 1.05 bits per heavy atom. The summed E-state index contributed by atoms with van der Waals surface area (Å²) in [5.74, 6) is 0.276. The van der Waals surface area contributed by atoms with E-state index < -0.39 is 16.1 Å². The maximum atomic E-state index is 13.6. The van der Waals surface area contributed by atoms with Crippen molar-refractivity contribution in [3.8, 4) is 5.75 Å². The van der Waals surface area contributed by atoms with Crippen molar-refractivity contribution in [2.45, 2.75) is 75.5 Å². The second-order valence-corrected chi connectivity index (χ2v) is 14.9. The highest BCUT2D eigenvalue weighted by Crippen LogP contribution is 2.26. The fourth-order valence-electron chi connectivity index (χ4n) is 5.72. The molecule has 2 amide bonds. The number of ether oxygens (including phenoxy) is 1. The number of benzene rings is 2. The third-order valence-electron chi connectivity index (χ3n) is 8.01. The first-order valence-corrected chi connectivity index (χ1v) is 17.5. The van der Waals surface area contributed by atoms with E-state index in [4.69, 9.17) is 4.74 Å². The van der Waals surface area contributed by atoms with Crippen LogP contribution in [-0.2, 0) is 14.8 Å². The molecule has 2 fully saturated rings. The number of amides is 2. The minimum absolute atomic E-state index is 0.132.